The Bertz CT molecular complexity index is 390. The summed E-state index contributed by atoms with van der Waals surface area (Å²) in [5.41, 5.74) is 2.68. The molecule has 3 unspecified atom stereocenters. The maximum absolute atomic E-state index is 5.82. The molecule has 1 heterocycles. The molecule has 0 spiro atoms. The van der Waals surface area contributed by atoms with Gasteiger partial charge in [0.25, 0.3) is 0 Å². The van der Waals surface area contributed by atoms with Crippen LogP contribution >= 0.6 is 0 Å². The van der Waals surface area contributed by atoms with Gasteiger partial charge in [0.05, 0.1) is 12.3 Å². The molecule has 0 aromatic carbocycles. The molecule has 4 heteroatoms. The van der Waals surface area contributed by atoms with Crippen LogP contribution < -0.4 is 5.32 Å². The highest BCUT2D eigenvalue weighted by molar-refractivity contribution is 5.15. The summed E-state index contributed by atoms with van der Waals surface area (Å²) in [5.74, 6) is 0. The first-order valence-corrected chi connectivity index (χ1v) is 6.95. The van der Waals surface area contributed by atoms with Gasteiger partial charge in [-0.05, 0) is 26.7 Å². The lowest BCUT2D eigenvalue weighted by Gasteiger charge is -2.53. The van der Waals surface area contributed by atoms with E-state index in [9.17, 15) is 0 Å². The predicted octanol–water partition coefficient (Wildman–Crippen LogP) is 2.40. The Labute approximate surface area is 110 Å². The Morgan fingerprint density at radius 3 is 2.89 bits per heavy atom. The predicted molar refractivity (Wildman–Crippen MR) is 72.4 cm³/mol. The second kappa shape index (κ2) is 5.41. The molecular weight excluding hydrogens is 226 g/mol. The van der Waals surface area contributed by atoms with E-state index in [1.807, 2.05) is 6.20 Å². The van der Waals surface area contributed by atoms with E-state index in [1.165, 1.54) is 5.56 Å². The molecule has 0 aliphatic heterocycles. The number of aromatic amines is 1. The number of ether oxygens (including phenoxy) is 1. The third-order valence-electron chi connectivity index (χ3n) is 4.58. The lowest BCUT2D eigenvalue weighted by molar-refractivity contribution is -0.126. The number of rotatable bonds is 6. The van der Waals surface area contributed by atoms with Gasteiger partial charge in [-0.15, -0.1) is 0 Å². The molecule has 3 atom stereocenters. The molecule has 2 N–H and O–H groups in total. The van der Waals surface area contributed by atoms with Crippen LogP contribution in [0.3, 0.4) is 0 Å². The molecular formula is C14H25N3O. The Morgan fingerprint density at radius 1 is 1.56 bits per heavy atom. The molecule has 18 heavy (non-hydrogen) atoms. The molecule has 1 fully saturated rings. The van der Waals surface area contributed by atoms with Crippen LogP contribution in [0.2, 0.25) is 0 Å². The zero-order valence-corrected chi connectivity index (χ0v) is 11.9. The van der Waals surface area contributed by atoms with E-state index in [1.54, 1.807) is 0 Å². The molecule has 1 saturated carbocycles. The van der Waals surface area contributed by atoms with E-state index >= 15 is 0 Å². The topological polar surface area (TPSA) is 49.9 Å². The number of H-pyrrole nitrogens is 1. The van der Waals surface area contributed by atoms with Crippen molar-refractivity contribution < 1.29 is 4.74 Å². The van der Waals surface area contributed by atoms with Crippen molar-refractivity contribution in [1.82, 2.24) is 15.5 Å². The lowest BCUT2D eigenvalue weighted by Crippen LogP contribution is -2.61. The van der Waals surface area contributed by atoms with Gasteiger partial charge in [0, 0.05) is 35.9 Å². The maximum atomic E-state index is 5.82. The molecule has 1 aliphatic rings. The van der Waals surface area contributed by atoms with Gasteiger partial charge in [0.15, 0.2) is 0 Å². The minimum atomic E-state index is 0.271. The van der Waals surface area contributed by atoms with Crippen molar-refractivity contribution in [3.05, 3.63) is 17.5 Å². The SMILES string of the molecule is CCOC1CC(NCc2cn[nH]c2C)C1(C)CC. The van der Waals surface area contributed by atoms with Crippen LogP contribution in [0.4, 0.5) is 0 Å². The molecule has 0 radical (unpaired) electrons. The zero-order valence-electron chi connectivity index (χ0n) is 11.9. The average molecular weight is 251 g/mol. The second-order valence-electron chi connectivity index (χ2n) is 5.49. The van der Waals surface area contributed by atoms with E-state index in [4.69, 9.17) is 4.74 Å². The maximum Gasteiger partial charge on any atom is 0.0658 e. The van der Waals surface area contributed by atoms with Gasteiger partial charge >= 0.3 is 0 Å². The molecule has 4 nitrogen and oxygen atoms in total. The van der Waals surface area contributed by atoms with E-state index in [0.717, 1.165) is 31.7 Å². The Kier molecular flexibility index (Phi) is 4.07. The van der Waals surface area contributed by atoms with Crippen LogP contribution in [0.15, 0.2) is 6.20 Å². The first-order valence-electron chi connectivity index (χ1n) is 6.95. The summed E-state index contributed by atoms with van der Waals surface area (Å²) in [6, 6.07) is 0.549. The first-order chi connectivity index (χ1) is 8.61. The number of aromatic nitrogens is 2. The Morgan fingerprint density at radius 2 is 2.33 bits per heavy atom. The van der Waals surface area contributed by atoms with Crippen molar-refractivity contribution in [2.75, 3.05) is 6.61 Å². The fourth-order valence-electron chi connectivity index (χ4n) is 2.85. The standard InChI is InChI=1S/C14H25N3O/c1-5-14(4)12(7-13(14)18-6-2)15-8-11-9-16-17-10(11)3/h9,12-13,15H,5-8H2,1-4H3,(H,16,17). The number of hydrogen-bond acceptors (Lipinski definition) is 3. The van der Waals surface area contributed by atoms with E-state index in [-0.39, 0.29) is 5.41 Å². The van der Waals surface area contributed by atoms with Gasteiger partial charge in [-0.25, -0.2) is 0 Å². The van der Waals surface area contributed by atoms with Gasteiger partial charge in [0.2, 0.25) is 0 Å². The number of hydrogen-bond donors (Lipinski definition) is 2. The third-order valence-corrected chi connectivity index (χ3v) is 4.58. The van der Waals surface area contributed by atoms with Crippen LogP contribution in [0.1, 0.15) is 44.9 Å². The fraction of sp³-hybridized carbons (Fsp3) is 0.786. The van der Waals surface area contributed by atoms with E-state index in [0.29, 0.717) is 12.1 Å². The van der Waals surface area contributed by atoms with E-state index < -0.39 is 0 Å². The van der Waals surface area contributed by atoms with Crippen molar-refractivity contribution in [2.24, 2.45) is 5.41 Å². The monoisotopic (exact) mass is 251 g/mol. The van der Waals surface area contributed by atoms with Gasteiger partial charge in [-0.2, -0.15) is 5.10 Å². The first kappa shape index (κ1) is 13.6. The Balaban J connectivity index is 1.89. The van der Waals surface area contributed by atoms with Gasteiger partial charge in [-0.3, -0.25) is 5.10 Å². The summed E-state index contributed by atoms with van der Waals surface area (Å²) in [6.07, 6.45) is 4.59. The van der Waals surface area contributed by atoms with Crippen LogP contribution in [0, 0.1) is 12.3 Å². The van der Waals surface area contributed by atoms with Crippen molar-refractivity contribution in [2.45, 2.75) is 59.2 Å². The summed E-state index contributed by atoms with van der Waals surface area (Å²) in [4.78, 5) is 0. The minimum Gasteiger partial charge on any atom is -0.378 e. The fourth-order valence-corrected chi connectivity index (χ4v) is 2.85. The van der Waals surface area contributed by atoms with Crippen molar-refractivity contribution in [3.8, 4) is 0 Å². The van der Waals surface area contributed by atoms with Crippen molar-refractivity contribution in [1.29, 1.82) is 0 Å². The zero-order chi connectivity index (χ0) is 13.2. The second-order valence-corrected chi connectivity index (χ2v) is 5.49. The number of aryl methyl sites for hydroxylation is 1. The smallest absolute Gasteiger partial charge is 0.0658 e. The van der Waals surface area contributed by atoms with Crippen LogP contribution in [-0.2, 0) is 11.3 Å². The molecule has 0 bridgehead atoms. The normalized spacial score (nSPS) is 31.3. The quantitative estimate of drug-likeness (QED) is 0.816. The van der Waals surface area contributed by atoms with Crippen LogP contribution in [0.5, 0.6) is 0 Å². The van der Waals surface area contributed by atoms with Crippen LogP contribution in [0.25, 0.3) is 0 Å². The average Bonchev–Trinajstić information content (AvgIpc) is 2.77. The molecule has 1 aromatic rings. The number of nitrogens with one attached hydrogen (secondary N) is 2. The molecule has 2 rings (SSSR count). The largest absolute Gasteiger partial charge is 0.378 e. The summed E-state index contributed by atoms with van der Waals surface area (Å²) in [7, 11) is 0. The highest BCUT2D eigenvalue weighted by Crippen LogP contribution is 2.45. The third kappa shape index (κ3) is 2.31. The summed E-state index contributed by atoms with van der Waals surface area (Å²) in [5, 5.41) is 10.7. The summed E-state index contributed by atoms with van der Waals surface area (Å²) >= 11 is 0. The number of nitrogens with zero attached hydrogens (tertiary/aromatic N) is 1. The molecule has 0 amide bonds. The van der Waals surface area contributed by atoms with Gasteiger partial charge < -0.3 is 10.1 Å². The lowest BCUT2D eigenvalue weighted by atomic mass is 9.61. The molecule has 102 valence electrons. The molecule has 0 saturated heterocycles. The molecule has 1 aliphatic carbocycles. The highest BCUT2D eigenvalue weighted by Gasteiger charge is 2.50. The summed E-state index contributed by atoms with van der Waals surface area (Å²) < 4.78 is 5.82. The van der Waals surface area contributed by atoms with Gasteiger partial charge in [-0.1, -0.05) is 13.8 Å². The summed E-state index contributed by atoms with van der Waals surface area (Å²) in [6.45, 7) is 10.4. The van der Waals surface area contributed by atoms with Crippen molar-refractivity contribution in [3.63, 3.8) is 0 Å². The highest BCUT2D eigenvalue weighted by atomic mass is 16.5. The van der Waals surface area contributed by atoms with Gasteiger partial charge in [0.1, 0.15) is 0 Å². The van der Waals surface area contributed by atoms with Crippen LogP contribution in [-0.4, -0.2) is 29.0 Å². The molecule has 1 aromatic heterocycles. The minimum absolute atomic E-state index is 0.271. The Hall–Kier alpha value is -0.870. The van der Waals surface area contributed by atoms with E-state index in [2.05, 4.69) is 43.2 Å². The van der Waals surface area contributed by atoms with Crippen molar-refractivity contribution >= 4 is 0 Å².